The van der Waals surface area contributed by atoms with E-state index in [1.165, 1.54) is 4.88 Å². The first-order chi connectivity index (χ1) is 9.02. The maximum absolute atomic E-state index is 11.9. The molecule has 5 heteroatoms. The number of anilines is 1. The van der Waals surface area contributed by atoms with Crippen molar-refractivity contribution in [2.75, 3.05) is 32.1 Å². The van der Waals surface area contributed by atoms with Crippen LogP contribution in [0.5, 0.6) is 0 Å². The molecule has 0 amide bonds. The minimum atomic E-state index is 0.222. The van der Waals surface area contributed by atoms with Gasteiger partial charge >= 0.3 is 0 Å². The van der Waals surface area contributed by atoms with Crippen LogP contribution in [-0.2, 0) is 6.42 Å². The normalized spacial score (nSPS) is 16.6. The summed E-state index contributed by atoms with van der Waals surface area (Å²) in [5.41, 5.74) is 0.738. The van der Waals surface area contributed by atoms with Gasteiger partial charge in [0.05, 0.1) is 0 Å². The lowest BCUT2D eigenvalue weighted by Gasteiger charge is -2.29. The number of aryl methyl sites for hydroxylation is 1. The molecular formula is C14H23N3OS. The summed E-state index contributed by atoms with van der Waals surface area (Å²) in [5, 5.41) is 1.01. The molecule has 2 rings (SSSR count). The number of ketones is 1. The lowest BCUT2D eigenvalue weighted by molar-refractivity contribution is 0.0968. The topological polar surface area (TPSA) is 36.4 Å². The highest BCUT2D eigenvalue weighted by Crippen LogP contribution is 2.32. The number of rotatable bonds is 5. The van der Waals surface area contributed by atoms with Crippen molar-refractivity contribution in [1.29, 1.82) is 0 Å². The fraction of sp³-hybridized carbons (Fsp3) is 0.714. The summed E-state index contributed by atoms with van der Waals surface area (Å²) in [7, 11) is 4.17. The monoisotopic (exact) mass is 281 g/mol. The van der Waals surface area contributed by atoms with E-state index in [1.54, 1.807) is 11.3 Å². The third-order valence-electron chi connectivity index (χ3n) is 3.51. The van der Waals surface area contributed by atoms with Gasteiger partial charge in [0, 0.05) is 30.4 Å². The third kappa shape index (κ3) is 3.15. The Kier molecular flexibility index (Phi) is 4.58. The molecule has 0 fully saturated rings. The van der Waals surface area contributed by atoms with Crippen LogP contribution in [-0.4, -0.2) is 48.9 Å². The van der Waals surface area contributed by atoms with E-state index in [9.17, 15) is 4.79 Å². The molecule has 1 atom stereocenters. The van der Waals surface area contributed by atoms with Gasteiger partial charge in [-0.1, -0.05) is 0 Å². The molecule has 0 spiro atoms. The fourth-order valence-corrected chi connectivity index (χ4v) is 3.93. The van der Waals surface area contributed by atoms with Crippen LogP contribution in [0.1, 0.15) is 42.1 Å². The molecule has 0 aromatic carbocycles. The van der Waals surface area contributed by atoms with Gasteiger partial charge in [0.15, 0.2) is 10.9 Å². The van der Waals surface area contributed by atoms with Gasteiger partial charge in [-0.25, -0.2) is 4.98 Å². The smallest absolute Gasteiger partial charge is 0.186 e. The van der Waals surface area contributed by atoms with E-state index in [4.69, 9.17) is 0 Å². The van der Waals surface area contributed by atoms with Crippen LogP contribution >= 0.6 is 11.3 Å². The Morgan fingerprint density at radius 2 is 2.11 bits per heavy atom. The van der Waals surface area contributed by atoms with E-state index in [1.807, 2.05) is 0 Å². The predicted octanol–water partition coefficient (Wildman–Crippen LogP) is 2.44. The zero-order valence-corrected chi connectivity index (χ0v) is 13.1. The molecule has 0 bridgehead atoms. The van der Waals surface area contributed by atoms with E-state index in [0.29, 0.717) is 12.5 Å². The Morgan fingerprint density at radius 1 is 1.37 bits per heavy atom. The molecule has 0 saturated heterocycles. The zero-order valence-electron chi connectivity index (χ0n) is 12.3. The second-order valence-corrected chi connectivity index (χ2v) is 6.50. The lowest BCUT2D eigenvalue weighted by Crippen LogP contribution is -2.40. The van der Waals surface area contributed by atoms with Crippen LogP contribution in [0.4, 0.5) is 5.13 Å². The van der Waals surface area contributed by atoms with E-state index >= 15 is 0 Å². The lowest BCUT2D eigenvalue weighted by atomic mass is 10.0. The van der Waals surface area contributed by atoms with E-state index in [-0.39, 0.29) is 5.78 Å². The van der Waals surface area contributed by atoms with Crippen LogP contribution in [0.25, 0.3) is 0 Å². The Hall–Kier alpha value is -0.940. The van der Waals surface area contributed by atoms with Crippen LogP contribution in [0.15, 0.2) is 0 Å². The molecule has 1 heterocycles. The van der Waals surface area contributed by atoms with Crippen LogP contribution in [0.2, 0.25) is 0 Å². The second kappa shape index (κ2) is 6.01. The van der Waals surface area contributed by atoms with Crippen molar-refractivity contribution in [2.45, 2.75) is 39.2 Å². The number of aromatic nitrogens is 1. The van der Waals surface area contributed by atoms with Crippen LogP contribution in [0.3, 0.4) is 0 Å². The minimum Gasteiger partial charge on any atom is -0.344 e. The number of thiazole rings is 1. The fourth-order valence-electron chi connectivity index (χ4n) is 2.64. The molecule has 1 aromatic heterocycles. The quantitative estimate of drug-likeness (QED) is 0.830. The molecule has 1 aliphatic rings. The van der Waals surface area contributed by atoms with Gasteiger partial charge in [0.1, 0.15) is 5.69 Å². The van der Waals surface area contributed by atoms with Gasteiger partial charge in [-0.2, -0.15) is 0 Å². The van der Waals surface area contributed by atoms with Gasteiger partial charge in [0.2, 0.25) is 0 Å². The molecule has 1 aromatic rings. The van der Waals surface area contributed by atoms with Crippen molar-refractivity contribution in [1.82, 2.24) is 9.88 Å². The Labute approximate surface area is 119 Å². The molecule has 0 aliphatic heterocycles. The van der Waals surface area contributed by atoms with Crippen LogP contribution in [0, 0.1) is 0 Å². The maximum Gasteiger partial charge on any atom is 0.186 e. The van der Waals surface area contributed by atoms with Gasteiger partial charge in [-0.05, 0) is 40.8 Å². The van der Waals surface area contributed by atoms with Crippen molar-refractivity contribution in [3.63, 3.8) is 0 Å². The number of fused-ring (bicyclic) bond motifs is 1. The number of Topliss-reactive ketones (excluding diaryl/α,β-unsaturated/α-hetero) is 1. The van der Waals surface area contributed by atoms with Crippen molar-refractivity contribution in [2.24, 2.45) is 0 Å². The molecule has 0 saturated carbocycles. The van der Waals surface area contributed by atoms with Crippen molar-refractivity contribution in [3.05, 3.63) is 10.6 Å². The Morgan fingerprint density at radius 3 is 2.68 bits per heavy atom. The molecule has 1 unspecified atom stereocenters. The first-order valence-corrected chi connectivity index (χ1v) is 7.78. The SMILES string of the molecule is CCN(c1nc2c(s1)CCCC2=O)C(C)CN(C)C. The van der Waals surface area contributed by atoms with Crippen molar-refractivity contribution >= 4 is 22.3 Å². The predicted molar refractivity (Wildman–Crippen MR) is 80.4 cm³/mol. The first kappa shape index (κ1) is 14.5. The minimum absolute atomic E-state index is 0.222. The Bertz CT molecular complexity index is 456. The molecule has 0 radical (unpaired) electrons. The number of hydrogen-bond donors (Lipinski definition) is 0. The van der Waals surface area contributed by atoms with Crippen LogP contribution < -0.4 is 4.90 Å². The number of carbonyl (C=O) groups is 1. The zero-order chi connectivity index (χ0) is 14.0. The highest BCUT2D eigenvalue weighted by molar-refractivity contribution is 7.16. The van der Waals surface area contributed by atoms with Gasteiger partial charge in [-0.15, -0.1) is 11.3 Å². The standard InChI is InChI=1S/C14H23N3OS/c1-5-17(10(2)9-16(3)4)14-15-13-11(18)7-6-8-12(13)19-14/h10H,5-9H2,1-4H3. The number of hydrogen-bond acceptors (Lipinski definition) is 5. The summed E-state index contributed by atoms with van der Waals surface area (Å²) < 4.78 is 0. The summed E-state index contributed by atoms with van der Waals surface area (Å²) >= 11 is 1.70. The molecular weight excluding hydrogens is 258 g/mol. The summed E-state index contributed by atoms with van der Waals surface area (Å²) in [5.74, 6) is 0.222. The van der Waals surface area contributed by atoms with E-state index in [0.717, 1.165) is 36.8 Å². The number of likely N-dealkylation sites (N-methyl/N-ethyl adjacent to an activating group) is 2. The van der Waals surface area contributed by atoms with Gasteiger partial charge < -0.3 is 9.80 Å². The van der Waals surface area contributed by atoms with Gasteiger partial charge in [-0.3, -0.25) is 4.79 Å². The van der Waals surface area contributed by atoms with Gasteiger partial charge in [0.25, 0.3) is 0 Å². The first-order valence-electron chi connectivity index (χ1n) is 6.97. The largest absolute Gasteiger partial charge is 0.344 e. The summed E-state index contributed by atoms with van der Waals surface area (Å²) in [4.78, 5) is 22.2. The molecule has 19 heavy (non-hydrogen) atoms. The average molecular weight is 281 g/mol. The average Bonchev–Trinajstić information content (AvgIpc) is 2.74. The van der Waals surface area contributed by atoms with E-state index < -0.39 is 0 Å². The highest BCUT2D eigenvalue weighted by Gasteiger charge is 2.25. The highest BCUT2D eigenvalue weighted by atomic mass is 32.1. The summed E-state index contributed by atoms with van der Waals surface area (Å²) in [6.45, 7) is 6.28. The summed E-state index contributed by atoms with van der Waals surface area (Å²) in [6.07, 6.45) is 2.65. The number of nitrogens with zero attached hydrogens (tertiary/aromatic N) is 3. The molecule has 0 N–H and O–H groups in total. The summed E-state index contributed by atoms with van der Waals surface area (Å²) in [6, 6.07) is 0.405. The third-order valence-corrected chi connectivity index (χ3v) is 4.66. The maximum atomic E-state index is 11.9. The molecule has 4 nitrogen and oxygen atoms in total. The van der Waals surface area contributed by atoms with Crippen molar-refractivity contribution in [3.8, 4) is 0 Å². The van der Waals surface area contributed by atoms with E-state index in [2.05, 4.69) is 42.7 Å². The number of carbonyl (C=O) groups excluding carboxylic acids is 1. The molecule has 1 aliphatic carbocycles. The molecule has 106 valence electrons. The Balaban J connectivity index is 2.22. The second-order valence-electron chi connectivity index (χ2n) is 5.44. The van der Waals surface area contributed by atoms with Crippen molar-refractivity contribution < 1.29 is 4.79 Å².